The first-order valence-electron chi connectivity index (χ1n) is 12.9. The summed E-state index contributed by atoms with van der Waals surface area (Å²) in [6.07, 6.45) is 2.54. The largest absolute Gasteiger partial charge is 0.467 e. The highest BCUT2D eigenvalue weighted by molar-refractivity contribution is 8.15. The van der Waals surface area contributed by atoms with Crippen molar-refractivity contribution in [3.8, 4) is 0 Å². The van der Waals surface area contributed by atoms with Crippen molar-refractivity contribution >= 4 is 46.2 Å². The van der Waals surface area contributed by atoms with Crippen LogP contribution in [0.2, 0.25) is 0 Å². The number of thioether (sulfide) groups is 1. The molecule has 0 radical (unpaired) electrons. The van der Waals surface area contributed by atoms with E-state index in [1.165, 1.54) is 16.7 Å². The highest BCUT2D eigenvalue weighted by Crippen LogP contribution is 2.35. The highest BCUT2D eigenvalue weighted by Gasteiger charge is 2.42. The van der Waals surface area contributed by atoms with Crippen molar-refractivity contribution in [2.75, 3.05) is 0 Å². The Balaban J connectivity index is 1.27. The Labute approximate surface area is 230 Å². The van der Waals surface area contributed by atoms with Gasteiger partial charge in [-0.25, -0.2) is 9.89 Å². The van der Waals surface area contributed by atoms with Crippen LogP contribution in [0, 0.1) is 0 Å². The van der Waals surface area contributed by atoms with Gasteiger partial charge in [-0.3, -0.25) is 19.4 Å². The van der Waals surface area contributed by atoms with Crippen molar-refractivity contribution in [3.63, 3.8) is 0 Å². The van der Waals surface area contributed by atoms with Gasteiger partial charge < -0.3 is 15.1 Å². The Morgan fingerprint density at radius 2 is 1.82 bits per heavy atom. The molecule has 2 N–H and O–H groups in total. The number of amides is 3. The number of hydrogen-bond acceptors (Lipinski definition) is 7. The maximum Gasteiger partial charge on any atom is 0.259 e. The Bertz CT molecular complexity index is 1400. The summed E-state index contributed by atoms with van der Waals surface area (Å²) in [5.41, 5.74) is 2.45. The van der Waals surface area contributed by atoms with Gasteiger partial charge in [0.15, 0.2) is 5.17 Å². The first-order valence-corrected chi connectivity index (χ1v) is 13.8. The van der Waals surface area contributed by atoms with Gasteiger partial charge in [0.05, 0.1) is 23.7 Å². The minimum Gasteiger partial charge on any atom is -0.467 e. The van der Waals surface area contributed by atoms with Crippen molar-refractivity contribution in [2.45, 2.75) is 50.6 Å². The number of carbonyl (C=O) groups excluding carboxylic acids is 3. The lowest BCUT2D eigenvalue weighted by molar-refractivity contribution is -0.125. The van der Waals surface area contributed by atoms with Gasteiger partial charge >= 0.3 is 0 Å². The molecule has 2 aromatic carbocycles. The van der Waals surface area contributed by atoms with Crippen molar-refractivity contribution in [1.29, 1.82) is 0 Å². The molecule has 5 rings (SSSR count). The molecule has 1 aromatic heterocycles. The number of benzene rings is 2. The van der Waals surface area contributed by atoms with Crippen molar-refractivity contribution < 1.29 is 18.8 Å². The van der Waals surface area contributed by atoms with Gasteiger partial charge in [-0.2, -0.15) is 0 Å². The molecule has 3 heterocycles. The van der Waals surface area contributed by atoms with Crippen molar-refractivity contribution in [3.05, 3.63) is 89.9 Å². The SMILES string of the molecule is CC[C@H](SC1=Nc2ccccc2C2=N[C@@H](CCC(=O)NCc3ccccc3)C(=O)N12)C(=O)NCc1ccco1. The number of nitrogens with one attached hydrogen (secondary N) is 2. The third-order valence-corrected chi connectivity index (χ3v) is 7.77. The second kappa shape index (κ2) is 12.1. The van der Waals surface area contributed by atoms with Crippen LogP contribution < -0.4 is 10.6 Å². The fraction of sp³-hybridized carbons (Fsp3) is 0.276. The summed E-state index contributed by atoms with van der Waals surface area (Å²) in [6, 6.07) is 20.0. The van der Waals surface area contributed by atoms with Crippen LogP contribution in [-0.4, -0.2) is 44.9 Å². The van der Waals surface area contributed by atoms with E-state index in [0.717, 1.165) is 11.1 Å². The number of nitrogens with zero attached hydrogens (tertiary/aromatic N) is 3. The maximum atomic E-state index is 13.5. The van der Waals surface area contributed by atoms with E-state index in [1.54, 1.807) is 18.4 Å². The number of para-hydroxylation sites is 1. The molecule has 3 aromatic rings. The number of fused-ring (bicyclic) bond motifs is 3. The molecular weight excluding hydrogens is 514 g/mol. The standard InChI is InChI=1S/C29H29N5O4S/c1-2-24(27(36)31-18-20-11-8-16-38-20)39-29-33-22-13-7-6-12-21(22)26-32-23(28(37)34(26)29)14-15-25(35)30-17-19-9-4-3-5-10-19/h3-13,16,23-24H,2,14-15,17-18H2,1H3,(H,30,35)(H,31,36)/t23-,24-/m0/s1. The van der Waals surface area contributed by atoms with Gasteiger partial charge in [0.2, 0.25) is 11.8 Å². The molecule has 39 heavy (non-hydrogen) atoms. The average molecular weight is 544 g/mol. The second-order valence-electron chi connectivity index (χ2n) is 9.17. The number of amidine groups is 2. The van der Waals surface area contributed by atoms with Crippen LogP contribution in [0.3, 0.4) is 0 Å². The molecule has 0 fully saturated rings. The fourth-order valence-corrected chi connectivity index (χ4v) is 5.42. The molecule has 2 aliphatic heterocycles. The Hall–Kier alpha value is -4.18. The summed E-state index contributed by atoms with van der Waals surface area (Å²) in [5, 5.41) is 5.74. The number of carbonyl (C=O) groups is 3. The van der Waals surface area contributed by atoms with Gasteiger partial charge in [-0.1, -0.05) is 61.2 Å². The molecule has 0 saturated carbocycles. The first-order chi connectivity index (χ1) is 19.0. The Morgan fingerprint density at radius 3 is 2.59 bits per heavy atom. The second-order valence-corrected chi connectivity index (χ2v) is 10.3. The molecule has 0 aliphatic carbocycles. The summed E-state index contributed by atoms with van der Waals surface area (Å²) in [6.45, 7) is 2.63. The monoisotopic (exact) mass is 543 g/mol. The van der Waals surface area contributed by atoms with Gasteiger partial charge in [-0.05, 0) is 42.7 Å². The predicted molar refractivity (Wildman–Crippen MR) is 150 cm³/mol. The molecule has 200 valence electrons. The van der Waals surface area contributed by atoms with E-state index in [4.69, 9.17) is 14.4 Å². The summed E-state index contributed by atoms with van der Waals surface area (Å²) >= 11 is 1.24. The molecule has 2 aliphatic rings. The summed E-state index contributed by atoms with van der Waals surface area (Å²) < 4.78 is 5.30. The molecule has 2 atom stereocenters. The zero-order chi connectivity index (χ0) is 27.2. The first kappa shape index (κ1) is 26.4. The van der Waals surface area contributed by atoms with Crippen LogP contribution in [0.5, 0.6) is 0 Å². The third kappa shape index (κ3) is 6.12. The van der Waals surface area contributed by atoms with Crippen LogP contribution in [0.25, 0.3) is 0 Å². The normalized spacial score (nSPS) is 16.6. The third-order valence-electron chi connectivity index (χ3n) is 6.45. The highest BCUT2D eigenvalue weighted by atomic mass is 32.2. The molecule has 0 saturated heterocycles. The molecule has 10 heteroatoms. The van der Waals surface area contributed by atoms with Gasteiger partial charge in [-0.15, -0.1) is 0 Å². The summed E-state index contributed by atoms with van der Waals surface area (Å²) in [4.78, 5) is 50.0. The number of aliphatic imine (C=N–C) groups is 2. The minimum absolute atomic E-state index is 0.139. The number of rotatable bonds is 10. The van der Waals surface area contributed by atoms with Crippen LogP contribution in [0.4, 0.5) is 5.69 Å². The maximum absolute atomic E-state index is 13.5. The fourth-order valence-electron chi connectivity index (χ4n) is 4.37. The van der Waals surface area contributed by atoms with Crippen LogP contribution >= 0.6 is 11.8 Å². The molecule has 0 spiro atoms. The molecular formula is C29H29N5O4S. The van der Waals surface area contributed by atoms with Gasteiger partial charge in [0.1, 0.15) is 17.6 Å². The van der Waals surface area contributed by atoms with E-state index >= 15 is 0 Å². The van der Waals surface area contributed by atoms with Gasteiger partial charge in [0.25, 0.3) is 5.91 Å². The van der Waals surface area contributed by atoms with E-state index in [9.17, 15) is 14.4 Å². The topological polar surface area (TPSA) is 116 Å². The lowest BCUT2D eigenvalue weighted by Crippen LogP contribution is -2.43. The van der Waals surface area contributed by atoms with Crippen molar-refractivity contribution in [1.82, 2.24) is 15.5 Å². The van der Waals surface area contributed by atoms with E-state index in [1.807, 2.05) is 61.5 Å². The van der Waals surface area contributed by atoms with Gasteiger partial charge in [0, 0.05) is 18.5 Å². The van der Waals surface area contributed by atoms with Crippen LogP contribution in [0.1, 0.15) is 43.1 Å². The summed E-state index contributed by atoms with van der Waals surface area (Å²) in [7, 11) is 0. The number of hydrogen-bond donors (Lipinski definition) is 2. The van der Waals surface area contributed by atoms with E-state index in [0.29, 0.717) is 35.4 Å². The lowest BCUT2D eigenvalue weighted by atomic mass is 10.1. The number of furan rings is 1. The molecule has 9 nitrogen and oxygen atoms in total. The van der Waals surface area contributed by atoms with Crippen LogP contribution in [-0.2, 0) is 27.5 Å². The van der Waals surface area contributed by atoms with E-state index in [-0.39, 0.29) is 37.1 Å². The summed E-state index contributed by atoms with van der Waals surface area (Å²) in [5.74, 6) is 0.616. The zero-order valence-electron chi connectivity index (χ0n) is 21.5. The molecule has 0 bridgehead atoms. The Morgan fingerprint density at radius 1 is 1.03 bits per heavy atom. The molecule has 3 amide bonds. The lowest BCUT2D eigenvalue weighted by Gasteiger charge is -2.27. The Kier molecular flexibility index (Phi) is 8.21. The zero-order valence-corrected chi connectivity index (χ0v) is 22.3. The molecule has 0 unspecified atom stereocenters. The van der Waals surface area contributed by atoms with Crippen LogP contribution in [0.15, 0.2) is 87.4 Å². The van der Waals surface area contributed by atoms with E-state index in [2.05, 4.69) is 10.6 Å². The minimum atomic E-state index is -0.702. The van der Waals surface area contributed by atoms with E-state index < -0.39 is 11.3 Å². The average Bonchev–Trinajstić information content (AvgIpc) is 3.61. The quantitative estimate of drug-likeness (QED) is 0.398. The predicted octanol–water partition coefficient (Wildman–Crippen LogP) is 4.16. The van der Waals surface area contributed by atoms with Crippen molar-refractivity contribution in [2.24, 2.45) is 9.98 Å². The smallest absolute Gasteiger partial charge is 0.259 e.